The number of likely N-dealkylation sites (N-methyl/N-ethyl adjacent to an activating group) is 1. The highest BCUT2D eigenvalue weighted by Crippen LogP contribution is 2.30. The van der Waals surface area contributed by atoms with Crippen molar-refractivity contribution in [2.75, 3.05) is 45.7 Å². The van der Waals surface area contributed by atoms with Crippen LogP contribution in [0.5, 0.6) is 0 Å². The Morgan fingerprint density at radius 2 is 2.27 bits per heavy atom. The van der Waals surface area contributed by atoms with Gasteiger partial charge in [0, 0.05) is 44.4 Å². The Kier molecular flexibility index (Phi) is 4.42. The van der Waals surface area contributed by atoms with Gasteiger partial charge >= 0.3 is 0 Å². The van der Waals surface area contributed by atoms with Gasteiger partial charge in [0.1, 0.15) is 5.82 Å². The van der Waals surface area contributed by atoms with Crippen molar-refractivity contribution in [1.82, 2.24) is 25.3 Å². The Labute approximate surface area is 137 Å². The predicted octanol–water partition coefficient (Wildman–Crippen LogP) is 1.54. The van der Waals surface area contributed by atoms with Crippen LogP contribution < -0.4 is 10.2 Å². The molecule has 1 unspecified atom stereocenters. The third-order valence-electron chi connectivity index (χ3n) is 3.74. The maximum absolute atomic E-state index is 5.50. The molecule has 0 saturated carbocycles. The van der Waals surface area contributed by atoms with Gasteiger partial charge in [-0.3, -0.25) is 4.90 Å². The minimum Gasteiger partial charge on any atom is -0.362 e. The van der Waals surface area contributed by atoms with Crippen LogP contribution >= 0.6 is 15.9 Å². The molecule has 1 atom stereocenters. The summed E-state index contributed by atoms with van der Waals surface area (Å²) >= 11 is 3.45. The average Bonchev–Trinajstić information content (AvgIpc) is 2.97. The molecule has 0 aromatic carbocycles. The van der Waals surface area contributed by atoms with Crippen LogP contribution in [0.1, 0.15) is 11.9 Å². The first-order valence-corrected chi connectivity index (χ1v) is 7.93. The van der Waals surface area contributed by atoms with E-state index < -0.39 is 0 Å². The zero-order valence-electron chi connectivity index (χ0n) is 12.9. The van der Waals surface area contributed by atoms with Crippen molar-refractivity contribution in [3.8, 4) is 11.5 Å². The van der Waals surface area contributed by atoms with E-state index in [-0.39, 0.29) is 6.04 Å². The fourth-order valence-corrected chi connectivity index (χ4v) is 2.85. The molecule has 7 nitrogen and oxygen atoms in total. The summed E-state index contributed by atoms with van der Waals surface area (Å²) in [6.07, 6.45) is 1.76. The number of rotatable bonds is 3. The second-order valence-corrected chi connectivity index (χ2v) is 6.49. The van der Waals surface area contributed by atoms with E-state index in [1.807, 2.05) is 25.1 Å². The van der Waals surface area contributed by atoms with E-state index in [2.05, 4.69) is 48.3 Å². The second kappa shape index (κ2) is 6.31. The molecule has 2 aromatic heterocycles. The van der Waals surface area contributed by atoms with Gasteiger partial charge in [-0.2, -0.15) is 4.98 Å². The minimum absolute atomic E-state index is 0.133. The smallest absolute Gasteiger partial charge is 0.261 e. The van der Waals surface area contributed by atoms with Crippen LogP contribution in [0.15, 0.2) is 21.3 Å². The van der Waals surface area contributed by atoms with Crippen molar-refractivity contribution in [2.24, 2.45) is 0 Å². The zero-order valence-corrected chi connectivity index (χ0v) is 14.5. The Balaban J connectivity index is 1.95. The molecular formula is C14H19BrN6O. The molecule has 0 amide bonds. The van der Waals surface area contributed by atoms with Crippen LogP contribution in [0, 0.1) is 0 Å². The van der Waals surface area contributed by atoms with Gasteiger partial charge in [-0.15, -0.1) is 0 Å². The minimum atomic E-state index is 0.133. The molecule has 3 heterocycles. The third kappa shape index (κ3) is 2.99. The lowest BCUT2D eigenvalue weighted by atomic mass is 10.2. The van der Waals surface area contributed by atoms with E-state index in [0.717, 1.165) is 35.5 Å². The van der Waals surface area contributed by atoms with Crippen molar-refractivity contribution in [1.29, 1.82) is 0 Å². The van der Waals surface area contributed by atoms with E-state index in [1.54, 1.807) is 6.20 Å². The molecule has 0 bridgehead atoms. The van der Waals surface area contributed by atoms with Gasteiger partial charge in [-0.1, -0.05) is 5.16 Å². The van der Waals surface area contributed by atoms with Gasteiger partial charge in [-0.05, 0) is 29.0 Å². The molecule has 118 valence electrons. The van der Waals surface area contributed by atoms with E-state index in [0.29, 0.717) is 11.7 Å². The highest BCUT2D eigenvalue weighted by atomic mass is 79.9. The van der Waals surface area contributed by atoms with E-state index in [9.17, 15) is 0 Å². The maximum atomic E-state index is 5.50. The molecule has 0 spiro atoms. The summed E-state index contributed by atoms with van der Waals surface area (Å²) in [6.45, 7) is 2.78. The molecule has 1 fully saturated rings. The summed E-state index contributed by atoms with van der Waals surface area (Å²) < 4.78 is 6.37. The average molecular weight is 367 g/mol. The number of anilines is 1. The standard InChI is InChI=1S/C14H19BrN6O/c1-20(2)13-10(6-9(15)7-17-13)14-18-12(19-22-14)11-8-16-4-5-21(11)3/h6-7,11,16H,4-5,8H2,1-3H3. The zero-order chi connectivity index (χ0) is 15.7. The van der Waals surface area contributed by atoms with E-state index in [4.69, 9.17) is 4.52 Å². The first-order valence-electron chi connectivity index (χ1n) is 7.14. The van der Waals surface area contributed by atoms with Gasteiger partial charge in [0.2, 0.25) is 0 Å². The number of piperazine rings is 1. The summed E-state index contributed by atoms with van der Waals surface area (Å²) in [6, 6.07) is 2.08. The molecule has 1 aliphatic rings. The fourth-order valence-electron chi connectivity index (χ4n) is 2.52. The number of hydrogen-bond donors (Lipinski definition) is 1. The Morgan fingerprint density at radius 3 is 3.00 bits per heavy atom. The van der Waals surface area contributed by atoms with Crippen molar-refractivity contribution < 1.29 is 4.52 Å². The molecular weight excluding hydrogens is 348 g/mol. The molecule has 22 heavy (non-hydrogen) atoms. The van der Waals surface area contributed by atoms with Crippen molar-refractivity contribution in [3.63, 3.8) is 0 Å². The predicted molar refractivity (Wildman–Crippen MR) is 87.8 cm³/mol. The lowest BCUT2D eigenvalue weighted by molar-refractivity contribution is 0.190. The molecule has 1 saturated heterocycles. The summed E-state index contributed by atoms with van der Waals surface area (Å²) in [7, 11) is 5.96. The Hall–Kier alpha value is -1.51. The molecule has 1 N–H and O–H groups in total. The van der Waals surface area contributed by atoms with Crippen LogP contribution in [0.4, 0.5) is 5.82 Å². The second-order valence-electron chi connectivity index (χ2n) is 5.58. The lowest BCUT2D eigenvalue weighted by Crippen LogP contribution is -2.44. The summed E-state index contributed by atoms with van der Waals surface area (Å²) in [5, 5.41) is 7.53. The largest absolute Gasteiger partial charge is 0.362 e. The SMILES string of the molecule is CN(C)c1ncc(Br)cc1-c1nc(C2CNCCN2C)no1. The van der Waals surface area contributed by atoms with E-state index in [1.165, 1.54) is 0 Å². The van der Waals surface area contributed by atoms with Crippen molar-refractivity contribution >= 4 is 21.7 Å². The van der Waals surface area contributed by atoms with Crippen molar-refractivity contribution in [2.45, 2.75) is 6.04 Å². The lowest BCUT2D eigenvalue weighted by Gasteiger charge is -2.30. The van der Waals surface area contributed by atoms with Gasteiger partial charge in [0.15, 0.2) is 5.82 Å². The maximum Gasteiger partial charge on any atom is 0.261 e. The van der Waals surface area contributed by atoms with E-state index >= 15 is 0 Å². The quantitative estimate of drug-likeness (QED) is 0.882. The number of halogens is 1. The van der Waals surface area contributed by atoms with Crippen molar-refractivity contribution in [3.05, 3.63) is 22.6 Å². The van der Waals surface area contributed by atoms with Crippen LogP contribution in [0.3, 0.4) is 0 Å². The van der Waals surface area contributed by atoms with Crippen LogP contribution in [-0.4, -0.2) is 60.8 Å². The van der Waals surface area contributed by atoms with Crippen LogP contribution in [0.25, 0.3) is 11.5 Å². The van der Waals surface area contributed by atoms with Gasteiger partial charge in [0.25, 0.3) is 5.89 Å². The first-order chi connectivity index (χ1) is 10.6. The number of nitrogens with one attached hydrogen (secondary N) is 1. The Bertz CT molecular complexity index is 659. The number of hydrogen-bond acceptors (Lipinski definition) is 7. The summed E-state index contributed by atoms with van der Waals surface area (Å²) in [5.74, 6) is 1.99. The molecule has 2 aromatic rings. The fraction of sp³-hybridized carbons (Fsp3) is 0.500. The van der Waals surface area contributed by atoms with Gasteiger partial charge in [0.05, 0.1) is 11.6 Å². The number of nitrogens with zero attached hydrogens (tertiary/aromatic N) is 5. The highest BCUT2D eigenvalue weighted by Gasteiger charge is 2.26. The molecule has 3 rings (SSSR count). The number of aromatic nitrogens is 3. The van der Waals surface area contributed by atoms with Gasteiger partial charge in [-0.25, -0.2) is 4.98 Å². The molecule has 0 aliphatic carbocycles. The third-order valence-corrected chi connectivity index (χ3v) is 4.17. The Morgan fingerprint density at radius 1 is 1.45 bits per heavy atom. The summed E-state index contributed by atoms with van der Waals surface area (Å²) in [5.41, 5.74) is 0.824. The van der Waals surface area contributed by atoms with Crippen LogP contribution in [0.2, 0.25) is 0 Å². The molecule has 1 aliphatic heterocycles. The topological polar surface area (TPSA) is 70.3 Å². The monoisotopic (exact) mass is 366 g/mol. The van der Waals surface area contributed by atoms with Crippen LogP contribution in [-0.2, 0) is 0 Å². The van der Waals surface area contributed by atoms with Gasteiger partial charge < -0.3 is 14.7 Å². The highest BCUT2D eigenvalue weighted by molar-refractivity contribution is 9.10. The normalized spacial score (nSPS) is 19.4. The molecule has 8 heteroatoms. The molecule has 0 radical (unpaired) electrons. The first kappa shape index (κ1) is 15.4. The summed E-state index contributed by atoms with van der Waals surface area (Å²) in [4.78, 5) is 13.2. The number of pyridine rings is 1.